The van der Waals surface area contributed by atoms with Crippen molar-refractivity contribution in [2.75, 3.05) is 6.54 Å². The van der Waals surface area contributed by atoms with Gasteiger partial charge in [0.2, 0.25) is 5.91 Å². The first-order valence-electron chi connectivity index (χ1n) is 6.57. The van der Waals surface area contributed by atoms with Crippen molar-refractivity contribution in [2.45, 2.75) is 32.1 Å². The molecule has 1 heterocycles. The predicted octanol–water partition coefficient (Wildman–Crippen LogP) is 1.61. The number of amides is 1. The number of carbonyl (C=O) groups excluding carboxylic acids is 1. The smallest absolute Gasteiger partial charge is 0.475 e. The summed E-state index contributed by atoms with van der Waals surface area (Å²) in [6, 6.07) is 8.25. The summed E-state index contributed by atoms with van der Waals surface area (Å²) in [7, 11) is 0. The molecule has 1 saturated heterocycles. The van der Waals surface area contributed by atoms with E-state index in [1.165, 1.54) is 5.56 Å². The van der Waals surface area contributed by atoms with E-state index >= 15 is 0 Å². The highest BCUT2D eigenvalue weighted by Gasteiger charge is 2.38. The monoisotopic (exact) mass is 318 g/mol. The first kappa shape index (κ1) is 18.0. The van der Waals surface area contributed by atoms with Crippen molar-refractivity contribution in [1.29, 1.82) is 0 Å². The standard InChI is InChI=1S/C12H16N2O.C2HF3O2/c1-9-2-4-10(5-3-9)8-14-12(15)11-6-7-13-11;3-2(4,5)1(6)7/h2-5,11,13H,6-8H2,1H3,(H,14,15);(H,6,7)/t11-;/m1./s1. The van der Waals surface area contributed by atoms with Crippen molar-refractivity contribution in [3.05, 3.63) is 35.4 Å². The average Bonchev–Trinajstić information content (AvgIpc) is 2.35. The van der Waals surface area contributed by atoms with Gasteiger partial charge in [0.05, 0.1) is 6.04 Å². The number of alkyl halides is 3. The molecule has 0 bridgehead atoms. The Morgan fingerprint density at radius 2 is 1.82 bits per heavy atom. The van der Waals surface area contributed by atoms with E-state index in [0.29, 0.717) is 6.54 Å². The van der Waals surface area contributed by atoms with Gasteiger partial charge in [-0.05, 0) is 25.5 Å². The van der Waals surface area contributed by atoms with Crippen LogP contribution >= 0.6 is 0 Å². The van der Waals surface area contributed by atoms with E-state index in [1.54, 1.807) is 0 Å². The quantitative estimate of drug-likeness (QED) is 0.791. The number of hydrogen-bond acceptors (Lipinski definition) is 3. The largest absolute Gasteiger partial charge is 0.490 e. The van der Waals surface area contributed by atoms with Crippen molar-refractivity contribution in [1.82, 2.24) is 10.6 Å². The Balaban J connectivity index is 0.000000295. The Bertz CT molecular complexity index is 511. The van der Waals surface area contributed by atoms with Crippen LogP contribution in [0.2, 0.25) is 0 Å². The molecule has 0 aliphatic carbocycles. The molecule has 0 aromatic heterocycles. The van der Waals surface area contributed by atoms with Crippen molar-refractivity contribution in [3.8, 4) is 0 Å². The normalized spacial score (nSPS) is 16.8. The molecule has 5 nitrogen and oxygen atoms in total. The van der Waals surface area contributed by atoms with Gasteiger partial charge in [0.1, 0.15) is 0 Å². The van der Waals surface area contributed by atoms with Crippen LogP contribution in [0.25, 0.3) is 0 Å². The number of halogens is 3. The van der Waals surface area contributed by atoms with E-state index in [0.717, 1.165) is 18.5 Å². The van der Waals surface area contributed by atoms with Gasteiger partial charge in [-0.15, -0.1) is 0 Å². The maximum atomic E-state index is 11.5. The van der Waals surface area contributed by atoms with Gasteiger partial charge in [-0.3, -0.25) is 4.79 Å². The molecule has 1 fully saturated rings. The number of carbonyl (C=O) groups is 2. The molecule has 122 valence electrons. The molecule has 1 aliphatic heterocycles. The summed E-state index contributed by atoms with van der Waals surface area (Å²) in [4.78, 5) is 20.4. The topological polar surface area (TPSA) is 78.4 Å². The molecule has 8 heteroatoms. The van der Waals surface area contributed by atoms with Gasteiger partial charge >= 0.3 is 12.1 Å². The van der Waals surface area contributed by atoms with Gasteiger partial charge in [-0.1, -0.05) is 29.8 Å². The van der Waals surface area contributed by atoms with Crippen LogP contribution in [-0.2, 0) is 16.1 Å². The Hall–Kier alpha value is -2.09. The SMILES string of the molecule is Cc1ccc(CNC(=O)[C@H]2CCN2)cc1.O=C(O)C(F)(F)F. The summed E-state index contributed by atoms with van der Waals surface area (Å²) in [5.74, 6) is -2.64. The lowest BCUT2D eigenvalue weighted by Gasteiger charge is -2.26. The molecule has 1 aromatic carbocycles. The number of carboxylic acid groups (broad SMARTS) is 1. The number of hydrogen-bond donors (Lipinski definition) is 3. The molecule has 3 N–H and O–H groups in total. The summed E-state index contributed by atoms with van der Waals surface area (Å²) < 4.78 is 31.7. The Morgan fingerprint density at radius 1 is 1.32 bits per heavy atom. The Kier molecular flexibility index (Phi) is 6.36. The molecule has 1 amide bonds. The number of nitrogens with one attached hydrogen (secondary N) is 2. The van der Waals surface area contributed by atoms with Gasteiger partial charge in [-0.25, -0.2) is 4.79 Å². The van der Waals surface area contributed by atoms with Crippen molar-refractivity contribution < 1.29 is 27.9 Å². The van der Waals surface area contributed by atoms with Gasteiger partial charge in [0, 0.05) is 6.54 Å². The minimum absolute atomic E-state index is 0.0375. The fourth-order valence-electron chi connectivity index (χ4n) is 1.53. The summed E-state index contributed by atoms with van der Waals surface area (Å²) in [6.07, 6.45) is -4.13. The molecule has 22 heavy (non-hydrogen) atoms. The molecular formula is C14H17F3N2O3. The fraction of sp³-hybridized carbons (Fsp3) is 0.429. The van der Waals surface area contributed by atoms with Crippen LogP contribution in [0.3, 0.4) is 0 Å². The van der Waals surface area contributed by atoms with Crippen molar-refractivity contribution >= 4 is 11.9 Å². The summed E-state index contributed by atoms with van der Waals surface area (Å²) in [5, 5.41) is 13.1. The first-order valence-corrected chi connectivity index (χ1v) is 6.57. The minimum Gasteiger partial charge on any atom is -0.475 e. The highest BCUT2D eigenvalue weighted by molar-refractivity contribution is 5.82. The van der Waals surface area contributed by atoms with Crippen LogP contribution < -0.4 is 10.6 Å². The van der Waals surface area contributed by atoms with E-state index in [1.807, 2.05) is 12.1 Å². The minimum atomic E-state index is -5.08. The Labute approximate surface area is 125 Å². The third-order valence-corrected chi connectivity index (χ3v) is 2.97. The molecule has 0 unspecified atom stereocenters. The lowest BCUT2D eigenvalue weighted by Crippen LogP contribution is -2.52. The highest BCUT2D eigenvalue weighted by atomic mass is 19.4. The predicted molar refractivity (Wildman–Crippen MR) is 73.1 cm³/mol. The maximum absolute atomic E-state index is 11.5. The van der Waals surface area contributed by atoms with Crippen LogP contribution in [0.15, 0.2) is 24.3 Å². The van der Waals surface area contributed by atoms with Crippen LogP contribution in [0.4, 0.5) is 13.2 Å². The van der Waals surface area contributed by atoms with Gasteiger partial charge in [-0.2, -0.15) is 13.2 Å². The van der Waals surface area contributed by atoms with E-state index in [4.69, 9.17) is 9.90 Å². The van der Waals surface area contributed by atoms with E-state index in [-0.39, 0.29) is 11.9 Å². The van der Waals surface area contributed by atoms with E-state index in [9.17, 15) is 18.0 Å². The van der Waals surface area contributed by atoms with Crippen LogP contribution in [0.5, 0.6) is 0 Å². The molecule has 2 rings (SSSR count). The van der Waals surface area contributed by atoms with Crippen molar-refractivity contribution in [3.63, 3.8) is 0 Å². The number of aliphatic carboxylic acids is 1. The second-order valence-corrected chi connectivity index (χ2v) is 4.80. The third kappa shape index (κ3) is 6.13. The molecular weight excluding hydrogens is 301 g/mol. The zero-order valence-corrected chi connectivity index (χ0v) is 11.9. The number of aryl methyl sites for hydroxylation is 1. The van der Waals surface area contributed by atoms with Gasteiger partial charge < -0.3 is 15.7 Å². The second-order valence-electron chi connectivity index (χ2n) is 4.80. The molecule has 1 aromatic rings. The van der Waals surface area contributed by atoms with Crippen molar-refractivity contribution in [2.24, 2.45) is 0 Å². The Morgan fingerprint density at radius 3 is 2.18 bits per heavy atom. The molecule has 1 aliphatic rings. The number of benzene rings is 1. The van der Waals surface area contributed by atoms with Gasteiger partial charge in [0.15, 0.2) is 0 Å². The number of carboxylic acids is 1. The summed E-state index contributed by atoms with van der Waals surface area (Å²) in [6.45, 7) is 3.64. The fourth-order valence-corrected chi connectivity index (χ4v) is 1.53. The average molecular weight is 318 g/mol. The molecule has 0 radical (unpaired) electrons. The number of rotatable bonds is 3. The zero-order chi connectivity index (χ0) is 16.8. The van der Waals surface area contributed by atoms with E-state index < -0.39 is 12.1 Å². The van der Waals surface area contributed by atoms with Crippen LogP contribution in [-0.4, -0.2) is 35.7 Å². The van der Waals surface area contributed by atoms with Gasteiger partial charge in [0.25, 0.3) is 0 Å². The molecule has 0 saturated carbocycles. The summed E-state index contributed by atoms with van der Waals surface area (Å²) >= 11 is 0. The molecule has 1 atom stereocenters. The van der Waals surface area contributed by atoms with E-state index in [2.05, 4.69) is 29.7 Å². The molecule has 0 spiro atoms. The lowest BCUT2D eigenvalue weighted by atomic mass is 10.1. The van der Waals surface area contributed by atoms with Crippen LogP contribution in [0.1, 0.15) is 17.5 Å². The first-order chi connectivity index (χ1) is 10.2. The third-order valence-electron chi connectivity index (χ3n) is 2.97. The van der Waals surface area contributed by atoms with Crippen LogP contribution in [0, 0.1) is 6.92 Å². The summed E-state index contributed by atoms with van der Waals surface area (Å²) in [5.41, 5.74) is 2.39. The zero-order valence-electron chi connectivity index (χ0n) is 11.9. The highest BCUT2D eigenvalue weighted by Crippen LogP contribution is 2.13. The second kappa shape index (κ2) is 7.79. The lowest BCUT2D eigenvalue weighted by molar-refractivity contribution is -0.192. The maximum Gasteiger partial charge on any atom is 0.490 e.